The van der Waals surface area contributed by atoms with Crippen LogP contribution in [0.15, 0.2) is 42.6 Å². The van der Waals surface area contributed by atoms with Crippen LogP contribution in [0.5, 0.6) is 0 Å². The third-order valence-electron chi connectivity index (χ3n) is 3.79. The first-order valence-electron chi connectivity index (χ1n) is 8.14. The van der Waals surface area contributed by atoms with Gasteiger partial charge in [0, 0.05) is 18.8 Å². The van der Waals surface area contributed by atoms with Gasteiger partial charge in [0.1, 0.15) is 0 Å². The topological polar surface area (TPSA) is 29.9 Å². The molecule has 0 fully saturated rings. The summed E-state index contributed by atoms with van der Waals surface area (Å²) in [5, 5.41) is 8.06. The van der Waals surface area contributed by atoms with Crippen molar-refractivity contribution in [2.24, 2.45) is 0 Å². The first-order valence-corrected chi connectivity index (χ1v) is 8.14. The third kappa shape index (κ3) is 4.71. The maximum atomic E-state index is 4.45. The Labute approximate surface area is 128 Å². The van der Waals surface area contributed by atoms with E-state index in [0.717, 1.165) is 32.4 Å². The standard InChI is InChI=1S/C18H27N3/c1-3-15-21-18(13-14-20-21)17(19-4-2)12-8-11-16-9-6-5-7-10-16/h5-7,9-10,13-14,17,19H,3-4,8,11-12,15H2,1-2H3. The van der Waals surface area contributed by atoms with Gasteiger partial charge in [0.15, 0.2) is 0 Å². The Balaban J connectivity index is 1.94. The molecule has 0 radical (unpaired) electrons. The molecule has 0 amide bonds. The molecule has 0 aliphatic rings. The van der Waals surface area contributed by atoms with Crippen LogP contribution < -0.4 is 5.32 Å². The minimum atomic E-state index is 0.410. The van der Waals surface area contributed by atoms with Crippen LogP contribution in [0.4, 0.5) is 0 Å². The molecule has 3 nitrogen and oxygen atoms in total. The highest BCUT2D eigenvalue weighted by atomic mass is 15.3. The van der Waals surface area contributed by atoms with Crippen LogP contribution in [0.1, 0.15) is 50.4 Å². The molecule has 21 heavy (non-hydrogen) atoms. The molecule has 2 rings (SSSR count). The number of rotatable bonds is 9. The number of nitrogens with zero attached hydrogens (tertiary/aromatic N) is 2. The van der Waals surface area contributed by atoms with Crippen molar-refractivity contribution >= 4 is 0 Å². The van der Waals surface area contributed by atoms with Crippen LogP contribution in [-0.4, -0.2) is 16.3 Å². The van der Waals surface area contributed by atoms with Gasteiger partial charge in [0.05, 0.1) is 5.69 Å². The van der Waals surface area contributed by atoms with Crippen LogP contribution in [-0.2, 0) is 13.0 Å². The Kier molecular flexibility index (Phi) is 6.48. The predicted octanol–water partition coefficient (Wildman–Crippen LogP) is 3.97. The molecule has 114 valence electrons. The molecular formula is C18H27N3. The van der Waals surface area contributed by atoms with Gasteiger partial charge in [0.2, 0.25) is 0 Å². The number of benzene rings is 1. The van der Waals surface area contributed by atoms with Gasteiger partial charge in [-0.15, -0.1) is 0 Å². The molecule has 1 aromatic heterocycles. The lowest BCUT2D eigenvalue weighted by Gasteiger charge is -2.19. The molecular weight excluding hydrogens is 258 g/mol. The molecule has 0 bridgehead atoms. The van der Waals surface area contributed by atoms with Crippen molar-refractivity contribution in [3.63, 3.8) is 0 Å². The fraction of sp³-hybridized carbons (Fsp3) is 0.500. The Morgan fingerprint density at radius 3 is 2.67 bits per heavy atom. The van der Waals surface area contributed by atoms with Crippen LogP contribution in [0.25, 0.3) is 0 Å². The SMILES string of the molecule is CCCn1nccc1C(CCCc1ccccc1)NCC. The molecule has 1 aromatic carbocycles. The number of aromatic nitrogens is 2. The first kappa shape index (κ1) is 15.8. The Morgan fingerprint density at radius 2 is 1.95 bits per heavy atom. The zero-order valence-corrected chi connectivity index (χ0v) is 13.3. The van der Waals surface area contributed by atoms with E-state index in [1.54, 1.807) is 0 Å². The van der Waals surface area contributed by atoms with E-state index in [2.05, 4.69) is 65.3 Å². The number of aryl methyl sites for hydroxylation is 2. The largest absolute Gasteiger partial charge is 0.309 e. The quantitative estimate of drug-likeness (QED) is 0.755. The first-order chi connectivity index (χ1) is 10.3. The molecule has 1 unspecified atom stereocenters. The van der Waals surface area contributed by atoms with Crippen molar-refractivity contribution < 1.29 is 0 Å². The van der Waals surface area contributed by atoms with Crippen molar-refractivity contribution in [3.8, 4) is 0 Å². The summed E-state index contributed by atoms with van der Waals surface area (Å²) in [6, 6.07) is 13.3. The van der Waals surface area contributed by atoms with Gasteiger partial charge in [-0.3, -0.25) is 4.68 Å². The van der Waals surface area contributed by atoms with Crippen molar-refractivity contribution in [1.29, 1.82) is 0 Å². The number of nitrogens with one attached hydrogen (secondary N) is 1. The Hall–Kier alpha value is -1.61. The lowest BCUT2D eigenvalue weighted by molar-refractivity contribution is 0.448. The van der Waals surface area contributed by atoms with Gasteiger partial charge in [-0.05, 0) is 43.9 Å². The molecule has 2 aromatic rings. The van der Waals surface area contributed by atoms with E-state index in [1.165, 1.54) is 17.7 Å². The molecule has 0 aliphatic carbocycles. The Bertz CT molecular complexity index is 504. The molecule has 0 aliphatic heterocycles. The molecule has 0 spiro atoms. The monoisotopic (exact) mass is 285 g/mol. The average molecular weight is 285 g/mol. The molecule has 1 atom stereocenters. The Morgan fingerprint density at radius 1 is 1.14 bits per heavy atom. The van der Waals surface area contributed by atoms with E-state index < -0.39 is 0 Å². The summed E-state index contributed by atoms with van der Waals surface area (Å²) in [7, 11) is 0. The fourth-order valence-corrected chi connectivity index (χ4v) is 2.79. The lowest BCUT2D eigenvalue weighted by atomic mass is 10.0. The van der Waals surface area contributed by atoms with E-state index in [9.17, 15) is 0 Å². The molecule has 3 heteroatoms. The van der Waals surface area contributed by atoms with Crippen molar-refractivity contribution in [1.82, 2.24) is 15.1 Å². The molecule has 1 heterocycles. The highest BCUT2D eigenvalue weighted by Gasteiger charge is 2.14. The van der Waals surface area contributed by atoms with Gasteiger partial charge < -0.3 is 5.32 Å². The fourth-order valence-electron chi connectivity index (χ4n) is 2.79. The number of hydrogen-bond donors (Lipinski definition) is 1. The van der Waals surface area contributed by atoms with Gasteiger partial charge in [0.25, 0.3) is 0 Å². The summed E-state index contributed by atoms with van der Waals surface area (Å²) in [5.74, 6) is 0. The summed E-state index contributed by atoms with van der Waals surface area (Å²) in [6.45, 7) is 6.37. The third-order valence-corrected chi connectivity index (χ3v) is 3.79. The lowest BCUT2D eigenvalue weighted by Crippen LogP contribution is -2.24. The van der Waals surface area contributed by atoms with Crippen molar-refractivity contribution in [2.45, 2.75) is 52.1 Å². The molecule has 0 saturated carbocycles. The average Bonchev–Trinajstić information content (AvgIpc) is 2.96. The van der Waals surface area contributed by atoms with E-state index in [-0.39, 0.29) is 0 Å². The van der Waals surface area contributed by atoms with Gasteiger partial charge in [-0.25, -0.2) is 0 Å². The van der Waals surface area contributed by atoms with Gasteiger partial charge >= 0.3 is 0 Å². The van der Waals surface area contributed by atoms with Crippen LogP contribution in [0, 0.1) is 0 Å². The highest BCUT2D eigenvalue weighted by molar-refractivity contribution is 5.15. The highest BCUT2D eigenvalue weighted by Crippen LogP contribution is 2.20. The van der Waals surface area contributed by atoms with Crippen molar-refractivity contribution in [2.75, 3.05) is 6.54 Å². The summed E-state index contributed by atoms with van der Waals surface area (Å²) in [4.78, 5) is 0. The number of hydrogen-bond acceptors (Lipinski definition) is 2. The minimum absolute atomic E-state index is 0.410. The van der Waals surface area contributed by atoms with Gasteiger partial charge in [-0.1, -0.05) is 44.2 Å². The van der Waals surface area contributed by atoms with Crippen LogP contribution in [0.3, 0.4) is 0 Å². The van der Waals surface area contributed by atoms with E-state index in [1.807, 2.05) is 6.20 Å². The summed E-state index contributed by atoms with van der Waals surface area (Å²) >= 11 is 0. The van der Waals surface area contributed by atoms with E-state index >= 15 is 0 Å². The minimum Gasteiger partial charge on any atom is -0.309 e. The van der Waals surface area contributed by atoms with E-state index in [0.29, 0.717) is 6.04 Å². The van der Waals surface area contributed by atoms with Crippen LogP contribution >= 0.6 is 0 Å². The van der Waals surface area contributed by atoms with E-state index in [4.69, 9.17) is 0 Å². The maximum Gasteiger partial charge on any atom is 0.0553 e. The second-order valence-electron chi connectivity index (χ2n) is 5.47. The normalized spacial score (nSPS) is 12.5. The second-order valence-corrected chi connectivity index (χ2v) is 5.47. The summed E-state index contributed by atoms with van der Waals surface area (Å²) in [5.41, 5.74) is 2.75. The van der Waals surface area contributed by atoms with Crippen molar-refractivity contribution in [3.05, 3.63) is 53.9 Å². The smallest absolute Gasteiger partial charge is 0.0553 e. The zero-order chi connectivity index (χ0) is 14.9. The zero-order valence-electron chi connectivity index (χ0n) is 13.3. The molecule has 0 saturated heterocycles. The predicted molar refractivity (Wildman–Crippen MR) is 88.3 cm³/mol. The molecule has 1 N–H and O–H groups in total. The van der Waals surface area contributed by atoms with Crippen LogP contribution in [0.2, 0.25) is 0 Å². The maximum absolute atomic E-state index is 4.45. The summed E-state index contributed by atoms with van der Waals surface area (Å²) in [6.07, 6.45) is 6.53. The summed E-state index contributed by atoms with van der Waals surface area (Å²) < 4.78 is 2.15. The van der Waals surface area contributed by atoms with Gasteiger partial charge in [-0.2, -0.15) is 5.10 Å². The second kappa shape index (κ2) is 8.63.